The van der Waals surface area contributed by atoms with Gasteiger partial charge in [-0.05, 0) is 43.4 Å². The first-order chi connectivity index (χ1) is 14.0. The third-order valence-corrected chi connectivity index (χ3v) is 7.08. The van der Waals surface area contributed by atoms with Gasteiger partial charge in [0, 0.05) is 49.6 Å². The lowest BCUT2D eigenvalue weighted by Gasteiger charge is -2.33. The van der Waals surface area contributed by atoms with Crippen molar-refractivity contribution in [3.8, 4) is 0 Å². The molecule has 154 valence electrons. The summed E-state index contributed by atoms with van der Waals surface area (Å²) in [6.07, 6.45) is 3.42. The first-order valence-electron chi connectivity index (χ1n) is 10.4. The number of fused-ring (bicyclic) bond motifs is 1. The van der Waals surface area contributed by atoms with E-state index in [2.05, 4.69) is 29.3 Å². The summed E-state index contributed by atoms with van der Waals surface area (Å²) in [5, 5.41) is 4.14. The lowest BCUT2D eigenvalue weighted by molar-refractivity contribution is -0.129. The van der Waals surface area contributed by atoms with E-state index in [4.69, 9.17) is 4.98 Å². The highest BCUT2D eigenvalue weighted by Crippen LogP contribution is 2.35. The fourth-order valence-corrected chi connectivity index (χ4v) is 5.28. The highest BCUT2D eigenvalue weighted by Gasteiger charge is 2.29. The van der Waals surface area contributed by atoms with Crippen molar-refractivity contribution in [1.29, 1.82) is 0 Å². The van der Waals surface area contributed by atoms with Crippen LogP contribution in [0.4, 0.5) is 10.8 Å². The molecule has 0 unspecified atom stereocenters. The maximum atomic E-state index is 12.8. The topological polar surface area (TPSA) is 65.5 Å². The summed E-state index contributed by atoms with van der Waals surface area (Å²) < 4.78 is 0. The number of hydrogen-bond acceptors (Lipinski definition) is 5. The molecular formula is C22H28N4O2S. The zero-order valence-corrected chi connectivity index (χ0v) is 17.9. The molecule has 1 aliphatic heterocycles. The zero-order valence-electron chi connectivity index (χ0n) is 17.1. The molecule has 1 aromatic carbocycles. The molecule has 7 heteroatoms. The smallest absolute Gasteiger partial charge is 0.227 e. The summed E-state index contributed by atoms with van der Waals surface area (Å²) in [6, 6.07) is 8.08. The lowest BCUT2D eigenvalue weighted by Crippen LogP contribution is -2.48. The van der Waals surface area contributed by atoms with Gasteiger partial charge >= 0.3 is 0 Å². The van der Waals surface area contributed by atoms with Crippen molar-refractivity contribution >= 4 is 34.0 Å². The molecule has 0 bridgehead atoms. The van der Waals surface area contributed by atoms with Crippen LogP contribution < -0.4 is 10.2 Å². The molecule has 1 atom stereocenters. The Kier molecular flexibility index (Phi) is 5.85. The third-order valence-electron chi connectivity index (χ3n) is 5.90. The molecule has 2 aliphatic rings. The van der Waals surface area contributed by atoms with Gasteiger partial charge in [-0.25, -0.2) is 4.98 Å². The minimum absolute atomic E-state index is 0.00403. The van der Waals surface area contributed by atoms with E-state index in [0.717, 1.165) is 68.4 Å². The van der Waals surface area contributed by atoms with Gasteiger partial charge < -0.3 is 15.1 Å². The minimum atomic E-state index is -0.00403. The summed E-state index contributed by atoms with van der Waals surface area (Å²) in [7, 11) is 0. The van der Waals surface area contributed by atoms with Crippen molar-refractivity contribution in [3.05, 3.63) is 40.4 Å². The molecule has 29 heavy (non-hydrogen) atoms. The SMILES string of the molecule is CCc1cccc(NC(=O)[C@@H]2CCc3nc(N4CCN(C(C)=O)CC4)sc3C2)c1. The van der Waals surface area contributed by atoms with Crippen molar-refractivity contribution in [2.75, 3.05) is 36.4 Å². The summed E-state index contributed by atoms with van der Waals surface area (Å²) in [5.74, 6) is 0.242. The Balaban J connectivity index is 1.38. The lowest BCUT2D eigenvalue weighted by atomic mass is 9.90. The zero-order chi connectivity index (χ0) is 20.4. The Morgan fingerprint density at radius 2 is 2.03 bits per heavy atom. The van der Waals surface area contributed by atoms with Gasteiger partial charge in [0.2, 0.25) is 11.8 Å². The molecule has 1 saturated heterocycles. The standard InChI is InChI=1S/C22H28N4O2S/c1-3-16-5-4-6-18(13-16)23-21(28)17-7-8-19-20(14-17)29-22(24-19)26-11-9-25(10-12-26)15(2)27/h4-6,13,17H,3,7-12,14H2,1-2H3,(H,23,28)/t17-/m1/s1. The highest BCUT2D eigenvalue weighted by molar-refractivity contribution is 7.15. The number of anilines is 2. The van der Waals surface area contributed by atoms with E-state index in [-0.39, 0.29) is 17.7 Å². The van der Waals surface area contributed by atoms with Crippen molar-refractivity contribution in [3.63, 3.8) is 0 Å². The predicted octanol–water partition coefficient (Wildman–Crippen LogP) is 3.12. The molecule has 1 fully saturated rings. The van der Waals surface area contributed by atoms with E-state index in [1.807, 2.05) is 17.0 Å². The monoisotopic (exact) mass is 412 g/mol. The van der Waals surface area contributed by atoms with Gasteiger partial charge in [0.25, 0.3) is 0 Å². The number of thiazole rings is 1. The first-order valence-corrected chi connectivity index (χ1v) is 11.2. The van der Waals surface area contributed by atoms with Crippen molar-refractivity contribution < 1.29 is 9.59 Å². The molecule has 1 aliphatic carbocycles. The first kappa shape index (κ1) is 19.9. The van der Waals surface area contributed by atoms with E-state index >= 15 is 0 Å². The highest BCUT2D eigenvalue weighted by atomic mass is 32.1. The van der Waals surface area contributed by atoms with E-state index < -0.39 is 0 Å². The Morgan fingerprint density at radius 1 is 1.24 bits per heavy atom. The second-order valence-corrected chi connectivity index (χ2v) is 8.90. The second kappa shape index (κ2) is 8.53. The number of carbonyl (C=O) groups is 2. The molecule has 1 aromatic heterocycles. The molecule has 0 spiro atoms. The summed E-state index contributed by atoms with van der Waals surface area (Å²) in [5.41, 5.74) is 3.26. The second-order valence-electron chi connectivity index (χ2n) is 7.84. The van der Waals surface area contributed by atoms with Crippen LogP contribution in [0.15, 0.2) is 24.3 Å². The Labute approximate surface area is 175 Å². The Bertz CT molecular complexity index is 902. The summed E-state index contributed by atoms with van der Waals surface area (Å²) in [4.78, 5) is 34.6. The molecule has 0 saturated carbocycles. The molecule has 1 N–H and O–H groups in total. The Hall–Kier alpha value is -2.41. The van der Waals surface area contributed by atoms with Gasteiger partial charge in [0.05, 0.1) is 5.69 Å². The number of piperazine rings is 1. The third kappa shape index (κ3) is 4.45. The van der Waals surface area contributed by atoms with Gasteiger partial charge in [-0.2, -0.15) is 0 Å². The number of nitrogens with one attached hydrogen (secondary N) is 1. The quantitative estimate of drug-likeness (QED) is 0.838. The van der Waals surface area contributed by atoms with Crippen molar-refractivity contribution in [2.24, 2.45) is 5.92 Å². The maximum absolute atomic E-state index is 12.8. The van der Waals surface area contributed by atoms with Crippen molar-refractivity contribution in [1.82, 2.24) is 9.88 Å². The van der Waals surface area contributed by atoms with Crippen LogP contribution in [0.2, 0.25) is 0 Å². The number of aryl methyl sites for hydroxylation is 2. The minimum Gasteiger partial charge on any atom is -0.345 e. The van der Waals surface area contributed by atoms with Crippen LogP contribution in [-0.4, -0.2) is 47.9 Å². The van der Waals surface area contributed by atoms with Crippen LogP contribution in [0, 0.1) is 5.92 Å². The van der Waals surface area contributed by atoms with E-state index in [0.29, 0.717) is 0 Å². The van der Waals surface area contributed by atoms with Crippen molar-refractivity contribution in [2.45, 2.75) is 39.5 Å². The fourth-order valence-electron chi connectivity index (χ4n) is 4.05. The number of rotatable bonds is 4. The summed E-state index contributed by atoms with van der Waals surface area (Å²) in [6.45, 7) is 6.89. The van der Waals surface area contributed by atoms with Gasteiger partial charge in [-0.15, -0.1) is 11.3 Å². The number of nitrogens with zero attached hydrogens (tertiary/aromatic N) is 3. The van der Waals surface area contributed by atoms with Crippen LogP contribution in [0.25, 0.3) is 0 Å². The molecule has 0 radical (unpaired) electrons. The molecular weight excluding hydrogens is 384 g/mol. The van der Waals surface area contributed by atoms with Gasteiger partial charge in [-0.3, -0.25) is 9.59 Å². The average Bonchev–Trinajstić information content (AvgIpc) is 3.17. The number of hydrogen-bond donors (Lipinski definition) is 1. The van der Waals surface area contributed by atoms with Crippen LogP contribution >= 0.6 is 11.3 Å². The van der Waals surface area contributed by atoms with Crippen LogP contribution in [0.5, 0.6) is 0 Å². The van der Waals surface area contributed by atoms with Gasteiger partial charge in [0.15, 0.2) is 5.13 Å². The number of aromatic nitrogens is 1. The molecule has 6 nitrogen and oxygen atoms in total. The fraction of sp³-hybridized carbons (Fsp3) is 0.500. The Morgan fingerprint density at radius 3 is 2.76 bits per heavy atom. The maximum Gasteiger partial charge on any atom is 0.227 e. The summed E-state index contributed by atoms with van der Waals surface area (Å²) >= 11 is 1.72. The number of amides is 2. The van der Waals surface area contributed by atoms with E-state index in [1.165, 1.54) is 10.4 Å². The largest absolute Gasteiger partial charge is 0.345 e. The number of carbonyl (C=O) groups excluding carboxylic acids is 2. The van der Waals surface area contributed by atoms with E-state index in [1.54, 1.807) is 18.3 Å². The van der Waals surface area contributed by atoms with Gasteiger partial charge in [-0.1, -0.05) is 19.1 Å². The van der Waals surface area contributed by atoms with Gasteiger partial charge in [0.1, 0.15) is 0 Å². The predicted molar refractivity (Wildman–Crippen MR) is 117 cm³/mol. The van der Waals surface area contributed by atoms with Crippen LogP contribution in [0.3, 0.4) is 0 Å². The molecule has 2 heterocycles. The average molecular weight is 413 g/mol. The molecule has 2 aromatic rings. The normalized spacial score (nSPS) is 19.0. The van der Waals surface area contributed by atoms with Crippen LogP contribution in [-0.2, 0) is 28.9 Å². The van der Waals surface area contributed by atoms with Crippen LogP contribution in [0.1, 0.15) is 36.4 Å². The molecule has 4 rings (SSSR count). The number of benzene rings is 1. The van der Waals surface area contributed by atoms with E-state index in [9.17, 15) is 9.59 Å². The molecule has 2 amide bonds.